The van der Waals surface area contributed by atoms with Crippen LogP contribution in [0.25, 0.3) is 0 Å². The van der Waals surface area contributed by atoms with E-state index in [4.69, 9.17) is 4.74 Å². The van der Waals surface area contributed by atoms with Gasteiger partial charge in [-0.2, -0.15) is 5.10 Å². The number of esters is 1. The Kier molecular flexibility index (Phi) is 5.29. The number of carbonyl (C=O) groups is 3. The van der Waals surface area contributed by atoms with E-state index >= 15 is 0 Å². The summed E-state index contributed by atoms with van der Waals surface area (Å²) in [6.07, 6.45) is 0.0982. The summed E-state index contributed by atoms with van der Waals surface area (Å²) in [5.74, 6) is -0.651. The van der Waals surface area contributed by atoms with E-state index in [0.717, 1.165) is 5.56 Å². The number of hydrogen-bond acceptors (Lipinski definition) is 5. The lowest BCUT2D eigenvalue weighted by atomic mass is 10.0. The summed E-state index contributed by atoms with van der Waals surface area (Å²) in [5.41, 5.74) is 4.54. The van der Waals surface area contributed by atoms with Gasteiger partial charge in [0.1, 0.15) is 6.61 Å². The number of hydrogen-bond donors (Lipinski definition) is 3. The van der Waals surface area contributed by atoms with Crippen LogP contribution in [-0.2, 0) is 14.3 Å². The first-order valence-electron chi connectivity index (χ1n) is 7.13. The molecule has 0 spiro atoms. The van der Waals surface area contributed by atoms with E-state index in [-0.39, 0.29) is 31.0 Å². The van der Waals surface area contributed by atoms with Crippen molar-refractivity contribution in [1.29, 1.82) is 0 Å². The van der Waals surface area contributed by atoms with E-state index < -0.39 is 5.97 Å². The van der Waals surface area contributed by atoms with Gasteiger partial charge in [-0.25, -0.2) is 10.2 Å². The van der Waals surface area contributed by atoms with E-state index in [9.17, 15) is 14.4 Å². The molecular weight excluding hydrogens is 300 g/mol. The van der Waals surface area contributed by atoms with Gasteiger partial charge in [-0.05, 0) is 19.1 Å². The van der Waals surface area contributed by atoms with Crippen LogP contribution < -0.4 is 16.1 Å². The van der Waals surface area contributed by atoms with Crippen molar-refractivity contribution >= 4 is 29.3 Å². The molecule has 0 radical (unpaired) electrons. The lowest BCUT2D eigenvalue weighted by molar-refractivity contribution is -0.141. The van der Waals surface area contributed by atoms with Gasteiger partial charge in [0.05, 0.1) is 18.2 Å². The molecule has 23 heavy (non-hydrogen) atoms. The fourth-order valence-corrected chi connectivity index (χ4v) is 2.05. The number of ether oxygens (including phenoxy) is 1. The summed E-state index contributed by atoms with van der Waals surface area (Å²) in [5, 5.41) is 9.45. The smallest absolute Gasteiger partial charge is 0.335 e. The average molecular weight is 318 g/mol. The molecule has 3 amide bonds. The molecule has 1 aliphatic rings. The zero-order valence-electron chi connectivity index (χ0n) is 12.9. The van der Waals surface area contributed by atoms with Crippen LogP contribution in [0.15, 0.2) is 29.4 Å². The second-order valence-corrected chi connectivity index (χ2v) is 5.02. The third-order valence-corrected chi connectivity index (χ3v) is 3.13. The fraction of sp³-hybridized carbons (Fsp3) is 0.333. The maximum Gasteiger partial charge on any atom is 0.335 e. The van der Waals surface area contributed by atoms with Crippen molar-refractivity contribution in [2.24, 2.45) is 5.10 Å². The highest BCUT2D eigenvalue weighted by Crippen LogP contribution is 2.13. The van der Waals surface area contributed by atoms with Gasteiger partial charge in [0, 0.05) is 18.2 Å². The minimum atomic E-state index is -0.412. The third kappa shape index (κ3) is 4.80. The van der Waals surface area contributed by atoms with E-state index in [1.807, 2.05) is 6.92 Å². The normalized spacial score (nSPS) is 16.7. The van der Waals surface area contributed by atoms with E-state index in [0.29, 0.717) is 11.4 Å². The van der Waals surface area contributed by atoms with Crippen LogP contribution in [0, 0.1) is 0 Å². The second kappa shape index (κ2) is 7.39. The van der Waals surface area contributed by atoms with Crippen molar-refractivity contribution in [3.05, 3.63) is 29.8 Å². The molecule has 1 heterocycles. The molecule has 0 fully saturated rings. The summed E-state index contributed by atoms with van der Waals surface area (Å²) < 4.78 is 4.71. The van der Waals surface area contributed by atoms with Crippen molar-refractivity contribution in [2.75, 3.05) is 11.9 Å². The number of carbonyl (C=O) groups excluding carboxylic acids is 3. The van der Waals surface area contributed by atoms with Crippen LogP contribution in [0.3, 0.4) is 0 Å². The Hall–Kier alpha value is -2.90. The largest absolute Gasteiger partial charge is 0.465 e. The Bertz CT molecular complexity index is 639. The Morgan fingerprint density at radius 3 is 2.61 bits per heavy atom. The van der Waals surface area contributed by atoms with Crippen LogP contribution in [0.2, 0.25) is 0 Å². The zero-order chi connectivity index (χ0) is 16.8. The standard InChI is InChI=1S/C15H18N4O4/c1-9-14(18-19-15(22)16-9)11-3-5-12(6-4-11)17-13(21)7-8-23-10(2)20/h3-6,9H,7-8H2,1-2H3,(H,17,21)(H2,16,19,22). The van der Waals surface area contributed by atoms with Crippen LogP contribution in [0.4, 0.5) is 10.5 Å². The number of rotatable bonds is 5. The van der Waals surface area contributed by atoms with Gasteiger partial charge in [-0.3, -0.25) is 9.59 Å². The van der Waals surface area contributed by atoms with Crippen molar-refractivity contribution < 1.29 is 19.1 Å². The molecular formula is C15H18N4O4. The highest BCUT2D eigenvalue weighted by molar-refractivity contribution is 6.07. The molecule has 8 nitrogen and oxygen atoms in total. The van der Waals surface area contributed by atoms with Gasteiger partial charge >= 0.3 is 12.0 Å². The molecule has 2 rings (SSSR count). The highest BCUT2D eigenvalue weighted by Gasteiger charge is 2.20. The number of benzene rings is 1. The highest BCUT2D eigenvalue weighted by atomic mass is 16.5. The number of nitrogens with one attached hydrogen (secondary N) is 3. The molecule has 0 aliphatic carbocycles. The third-order valence-electron chi connectivity index (χ3n) is 3.13. The van der Waals surface area contributed by atoms with Gasteiger partial charge < -0.3 is 15.4 Å². The molecule has 3 N–H and O–H groups in total. The minimum absolute atomic E-state index is 0.0545. The Morgan fingerprint density at radius 1 is 1.30 bits per heavy atom. The molecule has 1 atom stereocenters. The van der Waals surface area contributed by atoms with Crippen molar-refractivity contribution in [3.63, 3.8) is 0 Å². The molecule has 122 valence electrons. The van der Waals surface area contributed by atoms with E-state index in [2.05, 4.69) is 21.2 Å². The van der Waals surface area contributed by atoms with Crippen molar-refractivity contribution in [1.82, 2.24) is 10.7 Å². The topological polar surface area (TPSA) is 109 Å². The Balaban J connectivity index is 1.93. The molecule has 1 aromatic carbocycles. The fourth-order valence-electron chi connectivity index (χ4n) is 2.05. The molecule has 0 bridgehead atoms. The number of hydrazone groups is 1. The van der Waals surface area contributed by atoms with Gasteiger partial charge in [0.15, 0.2) is 0 Å². The van der Waals surface area contributed by atoms with Crippen LogP contribution in [0.5, 0.6) is 0 Å². The van der Waals surface area contributed by atoms with Crippen molar-refractivity contribution in [2.45, 2.75) is 26.3 Å². The van der Waals surface area contributed by atoms with Gasteiger partial charge in [0.2, 0.25) is 5.91 Å². The Morgan fingerprint density at radius 2 is 2.00 bits per heavy atom. The van der Waals surface area contributed by atoms with Crippen LogP contribution in [-0.4, -0.2) is 36.3 Å². The number of urea groups is 1. The summed E-state index contributed by atoms with van der Waals surface area (Å²) in [6, 6.07) is 6.55. The molecule has 0 aromatic heterocycles. The van der Waals surface area contributed by atoms with Gasteiger partial charge in [0.25, 0.3) is 0 Å². The van der Waals surface area contributed by atoms with Crippen LogP contribution >= 0.6 is 0 Å². The van der Waals surface area contributed by atoms with Crippen LogP contribution in [0.1, 0.15) is 25.8 Å². The Labute approximate surface area is 133 Å². The van der Waals surface area contributed by atoms with E-state index in [1.165, 1.54) is 6.92 Å². The predicted octanol–water partition coefficient (Wildman–Crippen LogP) is 0.984. The zero-order valence-corrected chi connectivity index (χ0v) is 12.9. The first-order valence-corrected chi connectivity index (χ1v) is 7.13. The monoisotopic (exact) mass is 318 g/mol. The molecule has 8 heteroatoms. The first-order chi connectivity index (χ1) is 11.0. The molecule has 1 unspecified atom stereocenters. The number of anilines is 1. The molecule has 0 saturated heterocycles. The van der Waals surface area contributed by atoms with Gasteiger partial charge in [-0.15, -0.1) is 0 Å². The van der Waals surface area contributed by atoms with Gasteiger partial charge in [-0.1, -0.05) is 12.1 Å². The lowest BCUT2D eigenvalue weighted by Gasteiger charge is -2.21. The minimum Gasteiger partial charge on any atom is -0.465 e. The maximum atomic E-state index is 11.7. The van der Waals surface area contributed by atoms with E-state index in [1.54, 1.807) is 24.3 Å². The summed E-state index contributed by atoms with van der Waals surface area (Å²) >= 11 is 0. The summed E-state index contributed by atoms with van der Waals surface area (Å²) in [4.78, 5) is 33.5. The lowest BCUT2D eigenvalue weighted by Crippen LogP contribution is -2.48. The maximum absolute atomic E-state index is 11.7. The predicted molar refractivity (Wildman–Crippen MR) is 84.0 cm³/mol. The summed E-state index contributed by atoms with van der Waals surface area (Å²) in [6.45, 7) is 3.18. The summed E-state index contributed by atoms with van der Waals surface area (Å²) in [7, 11) is 0. The second-order valence-electron chi connectivity index (χ2n) is 5.02. The number of nitrogens with zero attached hydrogens (tertiary/aromatic N) is 1. The quantitative estimate of drug-likeness (QED) is 0.703. The number of amides is 3. The first kappa shape index (κ1) is 16.5. The van der Waals surface area contributed by atoms with Crippen molar-refractivity contribution in [3.8, 4) is 0 Å². The SMILES string of the molecule is CC(=O)OCCC(=O)Nc1ccc(C2=NNC(=O)NC2C)cc1. The molecule has 1 aromatic rings. The molecule has 1 aliphatic heterocycles. The average Bonchev–Trinajstić information content (AvgIpc) is 2.48. The molecule has 0 saturated carbocycles.